The number of aromatic nitrogens is 1. The van der Waals surface area contributed by atoms with Crippen LogP contribution in [0, 0.1) is 0 Å². The molecule has 0 bridgehead atoms. The number of esters is 1. The zero-order valence-corrected chi connectivity index (χ0v) is 21.5. The van der Waals surface area contributed by atoms with Crippen LogP contribution in [0.25, 0.3) is 0 Å². The van der Waals surface area contributed by atoms with Crippen LogP contribution in [0.2, 0.25) is 0 Å². The van der Waals surface area contributed by atoms with Crippen LogP contribution >= 0.6 is 23.1 Å². The van der Waals surface area contributed by atoms with E-state index in [0.29, 0.717) is 17.4 Å². The highest BCUT2D eigenvalue weighted by Crippen LogP contribution is 2.37. The van der Waals surface area contributed by atoms with Crippen molar-refractivity contribution in [2.75, 3.05) is 44.4 Å². The summed E-state index contributed by atoms with van der Waals surface area (Å²) in [6.45, 7) is 7.95. The molecule has 1 fully saturated rings. The van der Waals surface area contributed by atoms with Crippen LogP contribution in [0.3, 0.4) is 0 Å². The van der Waals surface area contributed by atoms with Crippen LogP contribution < -0.4 is 10.6 Å². The first-order valence-corrected chi connectivity index (χ1v) is 12.9. The van der Waals surface area contributed by atoms with Crippen molar-refractivity contribution in [1.82, 2.24) is 20.1 Å². The molecule has 0 saturated carbocycles. The molecule has 0 radical (unpaired) electrons. The number of oxime groups is 1. The Hall–Kier alpha value is -2.97. The molecule has 2 aliphatic heterocycles. The minimum atomic E-state index is -0.852. The molecule has 2 aliphatic rings. The molecule has 2 N–H and O–H groups in total. The van der Waals surface area contributed by atoms with Gasteiger partial charge in [0.25, 0.3) is 11.8 Å². The molecule has 3 rings (SSSR count). The van der Waals surface area contributed by atoms with Crippen molar-refractivity contribution < 1.29 is 28.8 Å². The minimum absolute atomic E-state index is 0.140. The van der Waals surface area contributed by atoms with Gasteiger partial charge in [0.05, 0.1) is 0 Å². The molecule has 0 spiro atoms. The van der Waals surface area contributed by atoms with Crippen molar-refractivity contribution in [2.45, 2.75) is 32.2 Å². The normalized spacial score (nSPS) is 19.5. The maximum Gasteiger partial charge on any atom is 0.354 e. The lowest BCUT2D eigenvalue weighted by Gasteiger charge is -2.48. The van der Waals surface area contributed by atoms with Gasteiger partial charge in [-0.05, 0) is 19.2 Å². The summed E-state index contributed by atoms with van der Waals surface area (Å²) in [5.74, 6) is -1.45. The van der Waals surface area contributed by atoms with Crippen LogP contribution in [0.15, 0.2) is 22.3 Å². The number of β-lactam (4-membered cyclic amide) rings is 1. The summed E-state index contributed by atoms with van der Waals surface area (Å²) < 4.78 is 5.38. The quantitative estimate of drug-likeness (QED) is 0.184. The zero-order chi connectivity index (χ0) is 25.5. The summed E-state index contributed by atoms with van der Waals surface area (Å²) in [4.78, 5) is 62.1. The third-order valence-electron chi connectivity index (χ3n) is 5.30. The number of nitrogens with one attached hydrogen (secondary N) is 2. The van der Waals surface area contributed by atoms with E-state index in [1.165, 1.54) is 30.7 Å². The first-order valence-electron chi connectivity index (χ1n) is 11.0. The van der Waals surface area contributed by atoms with Gasteiger partial charge in [0.15, 0.2) is 10.8 Å². The molecule has 1 aromatic rings. The fourth-order valence-electron chi connectivity index (χ4n) is 3.51. The number of hydrogen-bond donors (Lipinski definition) is 2. The molecular weight excluding hydrogens is 496 g/mol. The predicted octanol–water partition coefficient (Wildman–Crippen LogP) is 0.621. The number of nitrogens with zero attached hydrogens (tertiary/aromatic N) is 4. The van der Waals surface area contributed by atoms with Gasteiger partial charge in [-0.15, -0.1) is 23.1 Å². The number of hydrogen-bond acceptors (Lipinski definition) is 11. The Morgan fingerprint density at radius 1 is 1.31 bits per heavy atom. The van der Waals surface area contributed by atoms with Gasteiger partial charge < -0.3 is 25.1 Å². The molecule has 2 atom stereocenters. The molecule has 190 valence electrons. The predicted molar refractivity (Wildman–Crippen MR) is 132 cm³/mol. The van der Waals surface area contributed by atoms with Crippen LogP contribution in [-0.4, -0.2) is 94.7 Å². The Morgan fingerprint density at radius 2 is 2.06 bits per heavy atom. The first-order chi connectivity index (χ1) is 16.8. The van der Waals surface area contributed by atoms with E-state index in [4.69, 9.17) is 9.57 Å². The number of carbonyl (C=O) groups excluding carboxylic acids is 4. The third kappa shape index (κ3) is 6.18. The van der Waals surface area contributed by atoms with E-state index < -0.39 is 29.2 Å². The minimum Gasteiger partial charge on any atom is -0.460 e. The van der Waals surface area contributed by atoms with Gasteiger partial charge in [-0.1, -0.05) is 19.0 Å². The molecule has 1 aromatic heterocycles. The van der Waals surface area contributed by atoms with Gasteiger partial charge in [0, 0.05) is 24.6 Å². The van der Waals surface area contributed by atoms with E-state index in [0.717, 1.165) is 24.4 Å². The van der Waals surface area contributed by atoms with Crippen molar-refractivity contribution in [3.63, 3.8) is 0 Å². The Balaban J connectivity index is 1.63. The molecule has 0 aliphatic carbocycles. The summed E-state index contributed by atoms with van der Waals surface area (Å²) in [6.07, 6.45) is 1.66. The van der Waals surface area contributed by atoms with Crippen molar-refractivity contribution in [3.05, 3.63) is 22.8 Å². The number of likely N-dealkylation sites (N-methyl/N-ethyl adjacent to an activating group) is 1. The molecule has 1 saturated heterocycles. The van der Waals surface area contributed by atoms with E-state index in [2.05, 4.69) is 25.7 Å². The highest BCUT2D eigenvalue weighted by atomic mass is 32.2. The smallest absolute Gasteiger partial charge is 0.354 e. The molecule has 0 aromatic carbocycles. The zero-order valence-electron chi connectivity index (χ0n) is 19.9. The van der Waals surface area contributed by atoms with E-state index in [9.17, 15) is 19.2 Å². The summed E-state index contributed by atoms with van der Waals surface area (Å²) in [7, 11) is 1.28. The van der Waals surface area contributed by atoms with Crippen LogP contribution in [0.4, 0.5) is 5.13 Å². The Bertz CT molecular complexity index is 1040. The summed E-state index contributed by atoms with van der Waals surface area (Å²) in [6, 6.07) is -0.852. The number of thiazole rings is 1. The largest absolute Gasteiger partial charge is 0.460 e. The molecule has 35 heavy (non-hydrogen) atoms. The Labute approximate surface area is 211 Å². The fraction of sp³-hybridized carbons (Fsp3) is 0.524. The van der Waals surface area contributed by atoms with Gasteiger partial charge in [-0.2, -0.15) is 0 Å². The van der Waals surface area contributed by atoms with E-state index in [1.54, 1.807) is 11.5 Å². The molecule has 3 amide bonds. The lowest BCUT2D eigenvalue weighted by atomic mass is 10.0. The third-order valence-corrected chi connectivity index (χ3v) is 7.25. The maximum atomic E-state index is 12.9. The lowest BCUT2D eigenvalue weighted by molar-refractivity contribution is -0.152. The standard InChI is InChI=1S/C21H28N6O6S2/c1-5-26(6-2)8-9-33-20(31)14-7-10-34-19-16(18(30)27(14)19)24-17(29)15(25-32-4)13-11-35-21(23-13)22-12(3)28/h7,11,16,19H,5-6,8-10H2,1-4H3,(H,24,29)(H,22,23,28)/b25-15-/t16-,19-/m1/s1. The van der Waals surface area contributed by atoms with Crippen molar-refractivity contribution in [1.29, 1.82) is 0 Å². The Morgan fingerprint density at radius 3 is 2.71 bits per heavy atom. The van der Waals surface area contributed by atoms with Crippen molar-refractivity contribution >= 4 is 57.6 Å². The number of thioether (sulfide) groups is 1. The fourth-order valence-corrected chi connectivity index (χ4v) is 5.44. The summed E-state index contributed by atoms with van der Waals surface area (Å²) >= 11 is 2.54. The van der Waals surface area contributed by atoms with Gasteiger partial charge in [-0.3, -0.25) is 19.3 Å². The van der Waals surface area contributed by atoms with E-state index in [-0.39, 0.29) is 29.6 Å². The van der Waals surface area contributed by atoms with Crippen molar-refractivity contribution in [2.24, 2.45) is 5.16 Å². The molecular formula is C21H28N6O6S2. The van der Waals surface area contributed by atoms with Gasteiger partial charge in [0.2, 0.25) is 5.91 Å². The number of rotatable bonds is 11. The summed E-state index contributed by atoms with van der Waals surface area (Å²) in [5, 5.41) is 10.3. The average molecular weight is 525 g/mol. The SMILES string of the molecule is CCN(CC)CCOC(=O)C1=CCS[C@@H]2[C@H](NC(=O)/C(=N\OC)c3csc(NC(C)=O)n3)C(=O)N12. The second kappa shape index (κ2) is 12.1. The number of anilines is 1. The molecule has 3 heterocycles. The molecule has 0 unspecified atom stereocenters. The lowest BCUT2D eigenvalue weighted by Crippen LogP contribution is -2.70. The second-order valence-electron chi connectivity index (χ2n) is 7.48. The van der Waals surface area contributed by atoms with Crippen LogP contribution in [-0.2, 0) is 28.8 Å². The maximum absolute atomic E-state index is 12.9. The number of ether oxygens (including phenoxy) is 1. The number of amides is 3. The summed E-state index contributed by atoms with van der Waals surface area (Å²) in [5.41, 5.74) is 0.239. The van der Waals surface area contributed by atoms with Gasteiger partial charge in [0.1, 0.15) is 36.5 Å². The Kier molecular flexibility index (Phi) is 9.23. The number of fused-ring (bicyclic) bond motifs is 1. The van der Waals surface area contributed by atoms with Crippen LogP contribution in [0.1, 0.15) is 26.5 Å². The van der Waals surface area contributed by atoms with Gasteiger partial charge >= 0.3 is 5.97 Å². The van der Waals surface area contributed by atoms with E-state index in [1.807, 2.05) is 13.8 Å². The van der Waals surface area contributed by atoms with Gasteiger partial charge in [-0.25, -0.2) is 9.78 Å². The molecule has 12 nitrogen and oxygen atoms in total. The number of carbonyl (C=O) groups is 4. The highest BCUT2D eigenvalue weighted by Gasteiger charge is 2.53. The molecule has 14 heteroatoms. The van der Waals surface area contributed by atoms with Crippen LogP contribution in [0.5, 0.6) is 0 Å². The second-order valence-corrected chi connectivity index (χ2v) is 9.48. The monoisotopic (exact) mass is 524 g/mol. The first kappa shape index (κ1) is 26.6. The van der Waals surface area contributed by atoms with E-state index >= 15 is 0 Å². The average Bonchev–Trinajstić information content (AvgIpc) is 3.29. The topological polar surface area (TPSA) is 143 Å². The van der Waals surface area contributed by atoms with Crippen molar-refractivity contribution in [3.8, 4) is 0 Å². The highest BCUT2D eigenvalue weighted by molar-refractivity contribution is 8.00.